The first-order chi connectivity index (χ1) is 16.4. The number of nitrogens with zero attached hydrogens (tertiary/aromatic N) is 1. The van der Waals surface area contributed by atoms with Crippen LogP contribution in [0.25, 0.3) is 21.7 Å². The minimum Gasteiger partial charge on any atom is -0.294 e. The van der Waals surface area contributed by atoms with Crippen LogP contribution in [0, 0.1) is 5.92 Å². The van der Waals surface area contributed by atoms with Crippen molar-refractivity contribution < 1.29 is 9.59 Å². The summed E-state index contributed by atoms with van der Waals surface area (Å²) in [6.45, 7) is 0. The number of hydrogen-bond acceptors (Lipinski definition) is 4. The summed E-state index contributed by atoms with van der Waals surface area (Å²) in [7, 11) is 0. The maximum Gasteiger partial charge on any atom is 0.283 e. The average Bonchev–Trinajstić information content (AvgIpc) is 3.29. The van der Waals surface area contributed by atoms with E-state index in [4.69, 9.17) is 23.2 Å². The van der Waals surface area contributed by atoms with Crippen LogP contribution in [-0.4, -0.2) is 22.7 Å². The molecular formula is C27H23Cl2N3O2. The van der Waals surface area contributed by atoms with Crippen LogP contribution >= 0.6 is 23.2 Å². The number of fused-ring (bicyclic) bond motifs is 2. The van der Waals surface area contributed by atoms with Crippen LogP contribution in [0.3, 0.4) is 0 Å². The Labute approximate surface area is 207 Å². The van der Waals surface area contributed by atoms with Crippen molar-refractivity contribution in [1.29, 1.82) is 0 Å². The Balaban J connectivity index is 1.15. The van der Waals surface area contributed by atoms with E-state index >= 15 is 0 Å². The van der Waals surface area contributed by atoms with Crippen molar-refractivity contribution in [2.45, 2.75) is 31.7 Å². The molecule has 1 saturated carbocycles. The molecule has 1 aliphatic rings. The van der Waals surface area contributed by atoms with Gasteiger partial charge in [0.15, 0.2) is 5.78 Å². The molecule has 5 rings (SSSR count). The molecule has 2 atom stereocenters. The maximum absolute atomic E-state index is 12.9. The smallest absolute Gasteiger partial charge is 0.283 e. The molecule has 0 aliphatic heterocycles. The molecule has 3 aromatic carbocycles. The van der Waals surface area contributed by atoms with Gasteiger partial charge in [0.2, 0.25) is 0 Å². The van der Waals surface area contributed by atoms with Gasteiger partial charge in [-0.2, -0.15) is 0 Å². The first kappa shape index (κ1) is 22.8. The van der Waals surface area contributed by atoms with Crippen molar-refractivity contribution in [1.82, 2.24) is 15.8 Å². The summed E-state index contributed by atoms with van der Waals surface area (Å²) in [5, 5.41) is 4.23. The predicted molar refractivity (Wildman–Crippen MR) is 136 cm³/mol. The largest absolute Gasteiger partial charge is 0.294 e. The molecule has 0 radical (unpaired) electrons. The van der Waals surface area contributed by atoms with Crippen LogP contribution in [0.15, 0.2) is 66.7 Å². The molecule has 0 spiro atoms. The van der Waals surface area contributed by atoms with Gasteiger partial charge < -0.3 is 0 Å². The molecule has 1 heterocycles. The number of hydrazine groups is 1. The summed E-state index contributed by atoms with van der Waals surface area (Å²) in [5.41, 5.74) is 7.68. The van der Waals surface area contributed by atoms with Gasteiger partial charge in [0.25, 0.3) is 5.91 Å². The van der Waals surface area contributed by atoms with Crippen LogP contribution in [0.1, 0.15) is 46.5 Å². The molecule has 1 aliphatic carbocycles. The lowest BCUT2D eigenvalue weighted by atomic mass is 9.95. The fourth-order valence-electron chi connectivity index (χ4n) is 4.62. The van der Waals surface area contributed by atoms with Gasteiger partial charge in [0.05, 0.1) is 5.52 Å². The van der Waals surface area contributed by atoms with Gasteiger partial charge in [-0.15, -0.1) is 0 Å². The van der Waals surface area contributed by atoms with E-state index in [0.717, 1.165) is 41.0 Å². The number of Topliss-reactive ketones (excluding diaryl/α,β-unsaturated/α-hetero) is 1. The van der Waals surface area contributed by atoms with Gasteiger partial charge in [-0.05, 0) is 78.4 Å². The van der Waals surface area contributed by atoms with E-state index in [2.05, 4.69) is 15.8 Å². The quantitative estimate of drug-likeness (QED) is 0.242. The average molecular weight is 492 g/mol. The third-order valence-electron chi connectivity index (χ3n) is 6.41. The van der Waals surface area contributed by atoms with Crippen LogP contribution in [0.4, 0.5) is 0 Å². The van der Waals surface area contributed by atoms with Crippen molar-refractivity contribution in [3.05, 3.63) is 88.0 Å². The summed E-state index contributed by atoms with van der Waals surface area (Å²) in [5.74, 6) is 0.144. The second kappa shape index (κ2) is 9.71. The van der Waals surface area contributed by atoms with E-state index in [0.29, 0.717) is 27.7 Å². The van der Waals surface area contributed by atoms with Gasteiger partial charge in [-0.25, -0.2) is 10.4 Å². The monoisotopic (exact) mass is 491 g/mol. The van der Waals surface area contributed by atoms with Crippen LogP contribution in [0.5, 0.6) is 0 Å². The third-order valence-corrected chi connectivity index (χ3v) is 6.88. The van der Waals surface area contributed by atoms with E-state index in [-0.39, 0.29) is 23.7 Å². The van der Waals surface area contributed by atoms with E-state index in [1.807, 2.05) is 48.5 Å². The second-order valence-electron chi connectivity index (χ2n) is 8.84. The first-order valence-electron chi connectivity index (χ1n) is 11.3. The summed E-state index contributed by atoms with van der Waals surface area (Å²) in [6.07, 6.45) is 3.18. The number of hydrogen-bond donors (Lipinski definition) is 2. The Morgan fingerprint density at radius 1 is 0.853 bits per heavy atom. The van der Waals surface area contributed by atoms with Gasteiger partial charge >= 0.3 is 0 Å². The number of pyridine rings is 1. The fourth-order valence-corrected chi connectivity index (χ4v) is 4.98. The summed E-state index contributed by atoms with van der Waals surface area (Å²) in [4.78, 5) is 29.8. The normalized spacial score (nSPS) is 17.8. The minimum atomic E-state index is -0.285. The highest BCUT2D eigenvalue weighted by molar-refractivity contribution is 6.31. The molecule has 1 aromatic heterocycles. The molecule has 0 bridgehead atoms. The molecule has 2 N–H and O–H groups in total. The Hall–Kier alpha value is -2.99. The van der Waals surface area contributed by atoms with Crippen molar-refractivity contribution in [2.75, 3.05) is 0 Å². The lowest BCUT2D eigenvalue weighted by Gasteiger charge is -2.14. The number of carbonyl (C=O) groups is 2. The highest BCUT2D eigenvalue weighted by Crippen LogP contribution is 2.30. The lowest BCUT2D eigenvalue weighted by molar-refractivity contribution is 0.0915. The van der Waals surface area contributed by atoms with Crippen molar-refractivity contribution in [3.8, 4) is 0 Å². The fraction of sp³-hybridized carbons (Fsp3) is 0.222. The Bertz CT molecular complexity index is 1410. The number of halogens is 2. The van der Waals surface area contributed by atoms with Gasteiger partial charge in [0, 0.05) is 33.5 Å². The SMILES string of the molecule is O=C(CC1CCC(NNC(=O)c2ccc3cc(Cl)ccc3n2)C1)c1ccc2cc(Cl)ccc2c1. The highest BCUT2D eigenvalue weighted by atomic mass is 35.5. The van der Waals surface area contributed by atoms with Gasteiger partial charge in [-0.3, -0.25) is 15.0 Å². The second-order valence-corrected chi connectivity index (χ2v) is 9.71. The molecule has 34 heavy (non-hydrogen) atoms. The molecule has 172 valence electrons. The number of carbonyl (C=O) groups excluding carboxylic acids is 2. The van der Waals surface area contributed by atoms with E-state index in [1.165, 1.54) is 0 Å². The molecular weight excluding hydrogens is 469 g/mol. The number of rotatable bonds is 6. The zero-order valence-electron chi connectivity index (χ0n) is 18.4. The number of benzene rings is 3. The Morgan fingerprint density at radius 3 is 2.41 bits per heavy atom. The van der Waals surface area contributed by atoms with Crippen LogP contribution < -0.4 is 10.9 Å². The van der Waals surface area contributed by atoms with E-state index in [1.54, 1.807) is 18.2 Å². The third kappa shape index (κ3) is 5.07. The Kier molecular flexibility index (Phi) is 6.50. The number of ketones is 1. The van der Waals surface area contributed by atoms with Crippen molar-refractivity contribution in [2.24, 2.45) is 5.92 Å². The zero-order chi connectivity index (χ0) is 23.7. The molecule has 1 amide bonds. The number of amides is 1. The summed E-state index contributed by atoms with van der Waals surface area (Å²) < 4.78 is 0. The number of aromatic nitrogens is 1. The van der Waals surface area contributed by atoms with Crippen molar-refractivity contribution in [3.63, 3.8) is 0 Å². The molecule has 5 nitrogen and oxygen atoms in total. The maximum atomic E-state index is 12.9. The highest BCUT2D eigenvalue weighted by Gasteiger charge is 2.27. The standard InChI is InChI=1S/C27H23Cl2N3O2/c28-21-6-4-17-13-20(3-2-18(17)14-21)26(33)12-16-1-8-23(11-16)31-32-27(34)25-9-5-19-15-22(29)7-10-24(19)30-25/h2-7,9-10,13-16,23,31H,1,8,11-12H2,(H,32,34). The van der Waals surface area contributed by atoms with Crippen LogP contribution in [0.2, 0.25) is 10.0 Å². The molecule has 0 saturated heterocycles. The van der Waals surface area contributed by atoms with Gasteiger partial charge in [-0.1, -0.05) is 47.5 Å². The zero-order valence-corrected chi connectivity index (χ0v) is 19.9. The topological polar surface area (TPSA) is 71.1 Å². The minimum absolute atomic E-state index is 0.125. The molecule has 4 aromatic rings. The molecule has 2 unspecified atom stereocenters. The van der Waals surface area contributed by atoms with Crippen LogP contribution in [-0.2, 0) is 0 Å². The lowest BCUT2D eigenvalue weighted by Crippen LogP contribution is -2.43. The summed E-state index contributed by atoms with van der Waals surface area (Å²) in [6, 6.07) is 20.4. The van der Waals surface area contributed by atoms with Gasteiger partial charge in [0.1, 0.15) is 5.69 Å². The molecule has 1 fully saturated rings. The summed E-state index contributed by atoms with van der Waals surface area (Å²) >= 11 is 12.1. The van der Waals surface area contributed by atoms with Crippen molar-refractivity contribution >= 4 is 56.6 Å². The van der Waals surface area contributed by atoms with E-state index < -0.39 is 0 Å². The molecule has 7 heteroatoms. The predicted octanol–water partition coefficient (Wildman–Crippen LogP) is 6.37. The number of nitrogens with one attached hydrogen (secondary N) is 2. The van der Waals surface area contributed by atoms with E-state index in [9.17, 15) is 9.59 Å². The first-order valence-corrected chi connectivity index (χ1v) is 12.0. The Morgan fingerprint density at radius 2 is 1.56 bits per heavy atom.